The molecule has 0 aliphatic carbocycles. The molecule has 0 radical (unpaired) electrons. The molecule has 5 nitrogen and oxygen atoms in total. The third-order valence-corrected chi connectivity index (χ3v) is 2.89. The summed E-state index contributed by atoms with van der Waals surface area (Å²) in [5, 5.41) is 36.9. The van der Waals surface area contributed by atoms with E-state index in [1.807, 2.05) is 0 Å². The Morgan fingerprint density at radius 3 is 1.64 bits per heavy atom. The van der Waals surface area contributed by atoms with E-state index in [0.29, 0.717) is 6.54 Å². The predicted octanol–water partition coefficient (Wildman–Crippen LogP) is -1.84. The largest absolute Gasteiger partial charge is 0.390 e. The predicted molar refractivity (Wildman–Crippen MR) is 52.6 cm³/mol. The molecule has 0 aromatic rings. The van der Waals surface area contributed by atoms with Gasteiger partial charge in [-0.3, -0.25) is 0 Å². The number of hydrogen-bond acceptors (Lipinski definition) is 4. The van der Waals surface area contributed by atoms with Gasteiger partial charge in [-0.2, -0.15) is 0 Å². The lowest BCUT2D eigenvalue weighted by atomic mass is 9.97. The third kappa shape index (κ3) is 2.65. The van der Waals surface area contributed by atoms with Gasteiger partial charge in [-0.15, -0.1) is 0 Å². The Hall–Kier alpha value is -0.200. The number of likely N-dealkylation sites (N-methyl/N-ethyl adjacent to an activating group) is 1. The van der Waals surface area contributed by atoms with Gasteiger partial charge in [0.05, 0.1) is 14.1 Å². The van der Waals surface area contributed by atoms with Gasteiger partial charge in [0.1, 0.15) is 32.5 Å². The van der Waals surface area contributed by atoms with E-state index in [9.17, 15) is 20.4 Å². The number of nitrogens with zero attached hydrogens (tertiary/aromatic N) is 1. The summed E-state index contributed by atoms with van der Waals surface area (Å²) in [4.78, 5) is 0. The van der Waals surface area contributed by atoms with Crippen LogP contribution in [0.1, 0.15) is 6.92 Å². The molecule has 0 aliphatic rings. The summed E-state index contributed by atoms with van der Waals surface area (Å²) in [6.45, 7) is 1.04. The Morgan fingerprint density at radius 2 is 1.43 bits per heavy atom. The van der Waals surface area contributed by atoms with Crippen molar-refractivity contribution in [3.05, 3.63) is 0 Å². The highest BCUT2D eigenvalue weighted by Crippen LogP contribution is 2.20. The molecule has 0 aliphatic heterocycles. The molecule has 0 spiro atoms. The third-order valence-electron chi connectivity index (χ3n) is 2.89. The van der Waals surface area contributed by atoms with Gasteiger partial charge in [-0.05, 0) is 6.92 Å². The first-order valence-electron chi connectivity index (χ1n) is 4.69. The quantitative estimate of drug-likeness (QED) is 0.387. The molecule has 5 heteroatoms. The van der Waals surface area contributed by atoms with Crippen LogP contribution in [-0.2, 0) is 0 Å². The molecule has 0 rings (SSSR count). The maximum atomic E-state index is 9.28. The topological polar surface area (TPSA) is 80.9 Å². The molecule has 86 valence electrons. The SMILES string of the molecule is CC(O)C[N+](C)(C)C(CO)(CO)CO. The van der Waals surface area contributed by atoms with Gasteiger partial charge in [0.25, 0.3) is 0 Å². The Labute approximate surface area is 84.8 Å². The molecule has 1 unspecified atom stereocenters. The smallest absolute Gasteiger partial charge is 0.169 e. The van der Waals surface area contributed by atoms with Crippen LogP contribution >= 0.6 is 0 Å². The zero-order chi connectivity index (χ0) is 11.4. The van der Waals surface area contributed by atoms with Crippen LogP contribution in [0, 0.1) is 0 Å². The van der Waals surface area contributed by atoms with Crippen molar-refractivity contribution < 1.29 is 24.9 Å². The number of quaternary nitrogens is 1. The lowest BCUT2D eigenvalue weighted by molar-refractivity contribution is -0.946. The molecule has 0 saturated heterocycles. The number of aliphatic hydroxyl groups is 4. The molecule has 0 fully saturated rings. The van der Waals surface area contributed by atoms with Gasteiger partial charge in [-0.1, -0.05) is 0 Å². The standard InChI is InChI=1S/C9H22NO4/c1-8(14)4-10(2,3)9(5-11,6-12)7-13/h8,11-14H,4-7H2,1-3H3/q+1. The fourth-order valence-electron chi connectivity index (χ4n) is 1.58. The van der Waals surface area contributed by atoms with Crippen molar-refractivity contribution in [3.8, 4) is 0 Å². The zero-order valence-corrected chi connectivity index (χ0v) is 9.14. The minimum absolute atomic E-state index is 0.175. The number of hydrogen-bond donors (Lipinski definition) is 4. The first-order chi connectivity index (χ1) is 6.35. The number of aliphatic hydroxyl groups excluding tert-OH is 4. The highest BCUT2D eigenvalue weighted by molar-refractivity contribution is 4.79. The summed E-state index contributed by atoms with van der Waals surface area (Å²) in [7, 11) is 3.52. The number of rotatable bonds is 6. The van der Waals surface area contributed by atoms with E-state index in [0.717, 1.165) is 0 Å². The van der Waals surface area contributed by atoms with Crippen molar-refractivity contribution in [1.82, 2.24) is 0 Å². The molecule has 0 bridgehead atoms. The second-order valence-corrected chi connectivity index (χ2v) is 4.42. The minimum Gasteiger partial charge on any atom is -0.390 e. The van der Waals surface area contributed by atoms with Crippen LogP contribution in [0.3, 0.4) is 0 Å². The maximum Gasteiger partial charge on any atom is 0.169 e. The summed E-state index contributed by atoms with van der Waals surface area (Å²) >= 11 is 0. The van der Waals surface area contributed by atoms with E-state index in [1.165, 1.54) is 0 Å². The maximum absolute atomic E-state index is 9.28. The summed E-state index contributed by atoms with van der Waals surface area (Å²) in [5.41, 5.74) is -1.00. The van der Waals surface area contributed by atoms with E-state index >= 15 is 0 Å². The minimum atomic E-state index is -1.00. The van der Waals surface area contributed by atoms with Crippen LogP contribution in [0.2, 0.25) is 0 Å². The van der Waals surface area contributed by atoms with Gasteiger partial charge in [0, 0.05) is 0 Å². The molecule has 1 atom stereocenters. The average molecular weight is 208 g/mol. The van der Waals surface area contributed by atoms with E-state index in [2.05, 4.69) is 0 Å². The van der Waals surface area contributed by atoms with Gasteiger partial charge >= 0.3 is 0 Å². The summed E-state index contributed by atoms with van der Waals surface area (Å²) in [6.07, 6.45) is -0.547. The molecule has 0 saturated carbocycles. The van der Waals surface area contributed by atoms with E-state index in [-0.39, 0.29) is 24.3 Å². The summed E-state index contributed by atoms with van der Waals surface area (Å²) in [5.74, 6) is 0. The summed E-state index contributed by atoms with van der Waals surface area (Å²) in [6, 6.07) is 0. The zero-order valence-electron chi connectivity index (χ0n) is 9.14. The molecule has 4 N–H and O–H groups in total. The Kier molecular flexibility index (Phi) is 4.97. The molecular formula is C9H22NO4+. The Bertz CT molecular complexity index is 158. The van der Waals surface area contributed by atoms with E-state index in [4.69, 9.17) is 0 Å². The van der Waals surface area contributed by atoms with Crippen molar-refractivity contribution in [1.29, 1.82) is 0 Å². The lowest BCUT2D eigenvalue weighted by Crippen LogP contribution is -2.67. The van der Waals surface area contributed by atoms with Gasteiger partial charge in [0.15, 0.2) is 5.54 Å². The van der Waals surface area contributed by atoms with Gasteiger partial charge in [-0.25, -0.2) is 0 Å². The normalized spacial score (nSPS) is 15.6. The summed E-state index contributed by atoms with van der Waals surface area (Å²) < 4.78 is 0.175. The Balaban J connectivity index is 4.78. The lowest BCUT2D eigenvalue weighted by Gasteiger charge is -2.46. The first kappa shape index (κ1) is 13.8. The second kappa shape index (κ2) is 5.04. The van der Waals surface area contributed by atoms with E-state index in [1.54, 1.807) is 21.0 Å². The molecule has 14 heavy (non-hydrogen) atoms. The van der Waals surface area contributed by atoms with Crippen LogP contribution in [-0.4, -0.2) is 77.0 Å². The Morgan fingerprint density at radius 1 is 1.07 bits per heavy atom. The van der Waals surface area contributed by atoms with Crippen LogP contribution in [0.15, 0.2) is 0 Å². The van der Waals surface area contributed by atoms with Crippen molar-refractivity contribution in [2.24, 2.45) is 0 Å². The first-order valence-corrected chi connectivity index (χ1v) is 4.69. The van der Waals surface area contributed by atoms with Crippen molar-refractivity contribution >= 4 is 0 Å². The second-order valence-electron chi connectivity index (χ2n) is 4.42. The average Bonchev–Trinajstić information content (AvgIpc) is 2.05. The molecule has 0 aromatic heterocycles. The monoisotopic (exact) mass is 208 g/mol. The van der Waals surface area contributed by atoms with Crippen molar-refractivity contribution in [2.75, 3.05) is 40.5 Å². The van der Waals surface area contributed by atoms with Crippen molar-refractivity contribution in [2.45, 2.75) is 18.6 Å². The van der Waals surface area contributed by atoms with Gasteiger partial charge in [0.2, 0.25) is 0 Å². The fraction of sp³-hybridized carbons (Fsp3) is 1.00. The molecular weight excluding hydrogens is 186 g/mol. The van der Waals surface area contributed by atoms with Crippen LogP contribution in [0.25, 0.3) is 0 Å². The molecule has 0 amide bonds. The van der Waals surface area contributed by atoms with Gasteiger partial charge < -0.3 is 24.9 Å². The van der Waals surface area contributed by atoms with Crippen molar-refractivity contribution in [3.63, 3.8) is 0 Å². The van der Waals surface area contributed by atoms with Crippen LogP contribution in [0.4, 0.5) is 0 Å². The van der Waals surface area contributed by atoms with Crippen LogP contribution < -0.4 is 0 Å². The molecule has 0 aromatic carbocycles. The highest BCUT2D eigenvalue weighted by atomic mass is 16.3. The van der Waals surface area contributed by atoms with Crippen LogP contribution in [0.5, 0.6) is 0 Å². The highest BCUT2D eigenvalue weighted by Gasteiger charge is 2.44. The van der Waals surface area contributed by atoms with E-state index < -0.39 is 11.6 Å². The fourth-order valence-corrected chi connectivity index (χ4v) is 1.58. The molecule has 0 heterocycles.